The number of ether oxygens (including phenoxy) is 1. The van der Waals surface area contributed by atoms with Gasteiger partial charge in [0.15, 0.2) is 0 Å². The lowest BCUT2D eigenvalue weighted by molar-refractivity contribution is 0.162. The fourth-order valence-corrected chi connectivity index (χ4v) is 1.55. The first-order valence-corrected chi connectivity index (χ1v) is 4.79. The number of hydrogen-bond acceptors (Lipinski definition) is 1. The largest absolute Gasteiger partial charge is 0.384 e. The van der Waals surface area contributed by atoms with Gasteiger partial charge in [-0.25, -0.2) is 0 Å². The van der Waals surface area contributed by atoms with Crippen molar-refractivity contribution < 1.29 is 4.74 Å². The summed E-state index contributed by atoms with van der Waals surface area (Å²) < 4.78 is 5.22. The third-order valence-electron chi connectivity index (χ3n) is 2.38. The highest BCUT2D eigenvalue weighted by Crippen LogP contribution is 2.23. The summed E-state index contributed by atoms with van der Waals surface area (Å²) in [6.45, 7) is 5.27. The first-order chi connectivity index (χ1) is 6.25. The molecule has 0 N–H and O–H groups in total. The number of hydrogen-bond donors (Lipinski definition) is 0. The Balaban J connectivity index is 2.76. The molecule has 0 radical (unpaired) electrons. The predicted molar refractivity (Wildman–Crippen MR) is 55.9 cm³/mol. The average molecular weight is 178 g/mol. The average Bonchev–Trinajstić information content (AvgIpc) is 2.15. The lowest BCUT2D eigenvalue weighted by Crippen LogP contribution is -2.12. The predicted octanol–water partition coefficient (Wildman–Crippen LogP) is 3.07. The standard InChI is InChI=1S/C12H18O/c1-10(2)12(9-13-3)11-7-5-4-6-8-11/h4-8,10,12H,9H2,1-3H3/t12-/m1/s1. The first kappa shape index (κ1) is 10.3. The Morgan fingerprint density at radius 2 is 1.77 bits per heavy atom. The van der Waals surface area contributed by atoms with Crippen molar-refractivity contribution in [1.29, 1.82) is 0 Å². The van der Waals surface area contributed by atoms with Crippen molar-refractivity contribution in [3.8, 4) is 0 Å². The van der Waals surface area contributed by atoms with Gasteiger partial charge in [-0.1, -0.05) is 44.2 Å². The monoisotopic (exact) mass is 178 g/mol. The van der Waals surface area contributed by atoms with Crippen LogP contribution in [0.1, 0.15) is 25.3 Å². The van der Waals surface area contributed by atoms with Gasteiger partial charge < -0.3 is 4.74 Å². The van der Waals surface area contributed by atoms with Crippen molar-refractivity contribution >= 4 is 0 Å². The second kappa shape index (κ2) is 5.03. The number of rotatable bonds is 4. The molecule has 0 heterocycles. The van der Waals surface area contributed by atoms with Crippen LogP contribution >= 0.6 is 0 Å². The van der Waals surface area contributed by atoms with Crippen LogP contribution in [0.15, 0.2) is 30.3 Å². The van der Waals surface area contributed by atoms with Crippen molar-refractivity contribution in [3.63, 3.8) is 0 Å². The molecule has 0 aromatic heterocycles. The van der Waals surface area contributed by atoms with Crippen LogP contribution in [0.2, 0.25) is 0 Å². The van der Waals surface area contributed by atoms with Gasteiger partial charge in [0, 0.05) is 13.0 Å². The Morgan fingerprint density at radius 3 is 2.23 bits per heavy atom. The summed E-state index contributed by atoms with van der Waals surface area (Å²) in [6.07, 6.45) is 0. The molecule has 0 aliphatic rings. The maximum absolute atomic E-state index is 5.22. The Hall–Kier alpha value is -0.820. The molecule has 0 aliphatic carbocycles. The zero-order chi connectivity index (χ0) is 9.68. The second-order valence-electron chi connectivity index (χ2n) is 3.72. The van der Waals surface area contributed by atoms with Gasteiger partial charge in [0.2, 0.25) is 0 Å². The maximum atomic E-state index is 5.22. The van der Waals surface area contributed by atoms with E-state index in [0.717, 1.165) is 6.61 Å². The molecule has 0 unspecified atom stereocenters. The smallest absolute Gasteiger partial charge is 0.0533 e. The summed E-state index contributed by atoms with van der Waals surface area (Å²) in [4.78, 5) is 0. The highest BCUT2D eigenvalue weighted by Gasteiger charge is 2.14. The quantitative estimate of drug-likeness (QED) is 0.688. The molecule has 72 valence electrons. The molecule has 0 saturated heterocycles. The molecule has 1 heteroatoms. The zero-order valence-corrected chi connectivity index (χ0v) is 8.66. The van der Waals surface area contributed by atoms with Crippen LogP contribution in [0, 0.1) is 5.92 Å². The van der Waals surface area contributed by atoms with Gasteiger partial charge in [-0.2, -0.15) is 0 Å². The van der Waals surface area contributed by atoms with E-state index in [-0.39, 0.29) is 0 Å². The van der Waals surface area contributed by atoms with E-state index < -0.39 is 0 Å². The van der Waals surface area contributed by atoms with Crippen LogP contribution in [0.25, 0.3) is 0 Å². The van der Waals surface area contributed by atoms with Gasteiger partial charge in [0.25, 0.3) is 0 Å². The van der Waals surface area contributed by atoms with Gasteiger partial charge >= 0.3 is 0 Å². The van der Waals surface area contributed by atoms with E-state index in [1.807, 2.05) is 6.07 Å². The normalized spacial score (nSPS) is 13.2. The molecule has 13 heavy (non-hydrogen) atoms. The molecule has 0 aliphatic heterocycles. The molecule has 0 amide bonds. The molecular weight excluding hydrogens is 160 g/mol. The van der Waals surface area contributed by atoms with Crippen LogP contribution in [0.4, 0.5) is 0 Å². The highest BCUT2D eigenvalue weighted by molar-refractivity contribution is 5.20. The van der Waals surface area contributed by atoms with E-state index in [0.29, 0.717) is 11.8 Å². The minimum atomic E-state index is 0.520. The minimum absolute atomic E-state index is 0.520. The van der Waals surface area contributed by atoms with E-state index in [1.165, 1.54) is 5.56 Å². The molecule has 1 atom stereocenters. The van der Waals surface area contributed by atoms with Crippen LogP contribution in [0.5, 0.6) is 0 Å². The fraction of sp³-hybridized carbons (Fsp3) is 0.500. The summed E-state index contributed by atoms with van der Waals surface area (Å²) in [5.41, 5.74) is 1.37. The molecule has 0 spiro atoms. The molecule has 1 aromatic carbocycles. The third-order valence-corrected chi connectivity index (χ3v) is 2.38. The molecule has 0 saturated carbocycles. The number of methoxy groups -OCH3 is 1. The van der Waals surface area contributed by atoms with Gasteiger partial charge in [0.05, 0.1) is 6.61 Å². The van der Waals surface area contributed by atoms with Crippen molar-refractivity contribution in [2.75, 3.05) is 13.7 Å². The van der Waals surface area contributed by atoms with Gasteiger partial charge in [0.1, 0.15) is 0 Å². The summed E-state index contributed by atoms with van der Waals surface area (Å²) in [5.74, 6) is 1.15. The van der Waals surface area contributed by atoms with Crippen LogP contribution < -0.4 is 0 Å². The fourth-order valence-electron chi connectivity index (χ4n) is 1.55. The SMILES string of the molecule is COC[C@@H](c1ccccc1)C(C)C. The minimum Gasteiger partial charge on any atom is -0.384 e. The first-order valence-electron chi connectivity index (χ1n) is 4.79. The molecule has 1 rings (SSSR count). The molecule has 0 bridgehead atoms. The lowest BCUT2D eigenvalue weighted by atomic mass is 9.89. The lowest BCUT2D eigenvalue weighted by Gasteiger charge is -2.20. The Morgan fingerprint density at radius 1 is 1.15 bits per heavy atom. The summed E-state index contributed by atoms with van der Waals surface area (Å²) in [6, 6.07) is 10.6. The Bertz CT molecular complexity index is 228. The van der Waals surface area contributed by atoms with E-state index in [9.17, 15) is 0 Å². The van der Waals surface area contributed by atoms with Gasteiger partial charge in [-0.05, 0) is 11.5 Å². The maximum Gasteiger partial charge on any atom is 0.0533 e. The molecule has 0 fully saturated rings. The van der Waals surface area contributed by atoms with Gasteiger partial charge in [-0.15, -0.1) is 0 Å². The van der Waals surface area contributed by atoms with Gasteiger partial charge in [-0.3, -0.25) is 0 Å². The topological polar surface area (TPSA) is 9.23 Å². The van der Waals surface area contributed by atoms with Crippen molar-refractivity contribution in [2.24, 2.45) is 5.92 Å². The summed E-state index contributed by atoms with van der Waals surface area (Å²) >= 11 is 0. The molecule has 1 aromatic rings. The van der Waals surface area contributed by atoms with Crippen LogP contribution in [-0.4, -0.2) is 13.7 Å². The van der Waals surface area contributed by atoms with E-state index in [1.54, 1.807) is 7.11 Å². The summed E-state index contributed by atoms with van der Waals surface area (Å²) in [5, 5.41) is 0. The molecular formula is C12H18O. The summed E-state index contributed by atoms with van der Waals surface area (Å²) in [7, 11) is 1.76. The Kier molecular flexibility index (Phi) is 3.97. The molecule has 1 nitrogen and oxygen atoms in total. The van der Waals surface area contributed by atoms with Crippen LogP contribution in [-0.2, 0) is 4.74 Å². The van der Waals surface area contributed by atoms with E-state index in [4.69, 9.17) is 4.74 Å². The van der Waals surface area contributed by atoms with Crippen molar-refractivity contribution in [3.05, 3.63) is 35.9 Å². The highest BCUT2D eigenvalue weighted by atomic mass is 16.5. The second-order valence-corrected chi connectivity index (χ2v) is 3.72. The van der Waals surface area contributed by atoms with E-state index in [2.05, 4.69) is 38.1 Å². The zero-order valence-electron chi connectivity index (χ0n) is 8.66. The third kappa shape index (κ3) is 2.85. The van der Waals surface area contributed by atoms with Crippen molar-refractivity contribution in [1.82, 2.24) is 0 Å². The van der Waals surface area contributed by atoms with E-state index >= 15 is 0 Å². The number of benzene rings is 1. The Labute approximate surface area is 80.7 Å². The van der Waals surface area contributed by atoms with Crippen molar-refractivity contribution in [2.45, 2.75) is 19.8 Å². The van der Waals surface area contributed by atoms with Crippen LogP contribution in [0.3, 0.4) is 0 Å².